The first-order valence-corrected chi connectivity index (χ1v) is 10.2. The van der Waals surface area contributed by atoms with E-state index in [0.29, 0.717) is 11.4 Å². The predicted molar refractivity (Wildman–Crippen MR) is 106 cm³/mol. The van der Waals surface area contributed by atoms with Crippen molar-refractivity contribution in [2.45, 2.75) is 13.0 Å². The van der Waals surface area contributed by atoms with Crippen LogP contribution in [0.25, 0.3) is 0 Å². The molecule has 0 saturated carbocycles. The smallest absolute Gasteiger partial charge is 0.339 e. The van der Waals surface area contributed by atoms with Crippen molar-refractivity contribution in [3.8, 4) is 5.75 Å². The molecule has 0 fully saturated rings. The van der Waals surface area contributed by atoms with Crippen LogP contribution in [0.4, 0.5) is 11.4 Å². The Labute approximate surface area is 164 Å². The number of sulfonamides is 1. The van der Waals surface area contributed by atoms with Crippen molar-refractivity contribution in [3.63, 3.8) is 0 Å². The Bertz CT molecular complexity index is 957. The number of hydrogen-bond donors (Lipinski definition) is 1. The lowest BCUT2D eigenvalue weighted by atomic mass is 10.1. The van der Waals surface area contributed by atoms with Crippen LogP contribution in [0.3, 0.4) is 0 Å². The molecular formula is C19H22N2O6S. The van der Waals surface area contributed by atoms with Crippen molar-refractivity contribution in [1.82, 2.24) is 0 Å². The molecule has 0 aliphatic rings. The van der Waals surface area contributed by atoms with Crippen LogP contribution in [0, 0.1) is 0 Å². The van der Waals surface area contributed by atoms with Gasteiger partial charge in [0.1, 0.15) is 11.8 Å². The number of nitrogens with zero attached hydrogens (tertiary/aromatic N) is 1. The average molecular weight is 406 g/mol. The molecule has 9 heteroatoms. The molecule has 0 aliphatic heterocycles. The molecule has 0 heterocycles. The standard InChI is InChI=1S/C19H22N2O6S/c1-13(18(22)20-17-8-6-5-7-16(17)19(23)27-3)21(28(4,24)25)14-9-11-15(26-2)12-10-14/h5-13H,1-4H3,(H,20,22)/t13-/m1/s1. The lowest BCUT2D eigenvalue weighted by Gasteiger charge is -2.28. The minimum Gasteiger partial charge on any atom is -0.497 e. The molecule has 8 nitrogen and oxygen atoms in total. The molecule has 28 heavy (non-hydrogen) atoms. The van der Waals surface area contributed by atoms with E-state index in [-0.39, 0.29) is 11.3 Å². The molecule has 2 aromatic rings. The summed E-state index contributed by atoms with van der Waals surface area (Å²) in [5.74, 6) is -0.655. The highest BCUT2D eigenvalue weighted by atomic mass is 32.2. The van der Waals surface area contributed by atoms with Crippen LogP contribution in [0.15, 0.2) is 48.5 Å². The third kappa shape index (κ3) is 4.80. The van der Waals surface area contributed by atoms with Crippen molar-refractivity contribution < 1.29 is 27.5 Å². The number of carbonyl (C=O) groups is 2. The molecule has 0 bridgehead atoms. The van der Waals surface area contributed by atoms with E-state index in [0.717, 1.165) is 10.6 Å². The number of amides is 1. The van der Waals surface area contributed by atoms with Crippen LogP contribution in [-0.4, -0.2) is 46.8 Å². The van der Waals surface area contributed by atoms with Gasteiger partial charge < -0.3 is 14.8 Å². The number of ether oxygens (including phenoxy) is 2. The fraction of sp³-hybridized carbons (Fsp3) is 0.263. The maximum absolute atomic E-state index is 12.8. The summed E-state index contributed by atoms with van der Waals surface area (Å²) in [5, 5.41) is 2.60. The summed E-state index contributed by atoms with van der Waals surface area (Å²) in [7, 11) is -1.03. The van der Waals surface area contributed by atoms with Gasteiger partial charge in [-0.25, -0.2) is 13.2 Å². The van der Waals surface area contributed by atoms with Gasteiger partial charge in [0, 0.05) is 0 Å². The third-order valence-electron chi connectivity index (χ3n) is 4.01. The Morgan fingerprint density at radius 3 is 2.18 bits per heavy atom. The van der Waals surface area contributed by atoms with E-state index in [1.165, 1.54) is 33.3 Å². The summed E-state index contributed by atoms with van der Waals surface area (Å²) in [4.78, 5) is 24.6. The van der Waals surface area contributed by atoms with Crippen LogP contribution in [0.2, 0.25) is 0 Å². The molecule has 1 N–H and O–H groups in total. The fourth-order valence-electron chi connectivity index (χ4n) is 2.66. The zero-order valence-corrected chi connectivity index (χ0v) is 16.8. The van der Waals surface area contributed by atoms with Crippen molar-refractivity contribution in [3.05, 3.63) is 54.1 Å². The van der Waals surface area contributed by atoms with E-state index in [4.69, 9.17) is 9.47 Å². The number of carbonyl (C=O) groups excluding carboxylic acids is 2. The maximum Gasteiger partial charge on any atom is 0.339 e. The van der Waals surface area contributed by atoms with Crippen molar-refractivity contribution >= 4 is 33.3 Å². The number of rotatable bonds is 7. The Morgan fingerprint density at radius 1 is 1.04 bits per heavy atom. The summed E-state index contributed by atoms with van der Waals surface area (Å²) in [6.45, 7) is 1.46. The van der Waals surface area contributed by atoms with Gasteiger partial charge in [0.15, 0.2) is 0 Å². The highest BCUT2D eigenvalue weighted by Crippen LogP contribution is 2.25. The predicted octanol–water partition coefficient (Wildman–Crippen LogP) is 2.28. The van der Waals surface area contributed by atoms with E-state index < -0.39 is 27.9 Å². The number of esters is 1. The number of para-hydroxylation sites is 1. The minimum atomic E-state index is -3.77. The summed E-state index contributed by atoms with van der Waals surface area (Å²) in [6, 6.07) is 11.5. The number of anilines is 2. The maximum atomic E-state index is 12.8. The van der Waals surface area contributed by atoms with Crippen LogP contribution < -0.4 is 14.4 Å². The Kier molecular flexibility index (Phi) is 6.63. The molecule has 0 saturated heterocycles. The average Bonchev–Trinajstić information content (AvgIpc) is 2.67. The van der Waals surface area contributed by atoms with Gasteiger partial charge in [-0.05, 0) is 43.3 Å². The minimum absolute atomic E-state index is 0.168. The van der Waals surface area contributed by atoms with E-state index >= 15 is 0 Å². The molecule has 1 amide bonds. The Hall–Kier alpha value is -3.07. The lowest BCUT2D eigenvalue weighted by molar-refractivity contribution is -0.116. The van der Waals surface area contributed by atoms with Crippen molar-refractivity contribution in [2.24, 2.45) is 0 Å². The normalized spacial score (nSPS) is 12.0. The summed E-state index contributed by atoms with van der Waals surface area (Å²) >= 11 is 0. The molecule has 2 rings (SSSR count). The number of benzene rings is 2. The van der Waals surface area contributed by atoms with Gasteiger partial charge in [-0.3, -0.25) is 9.10 Å². The highest BCUT2D eigenvalue weighted by Gasteiger charge is 2.29. The van der Waals surface area contributed by atoms with E-state index in [9.17, 15) is 18.0 Å². The second-order valence-electron chi connectivity index (χ2n) is 5.96. The van der Waals surface area contributed by atoms with E-state index in [1.54, 1.807) is 36.4 Å². The second-order valence-corrected chi connectivity index (χ2v) is 7.82. The van der Waals surface area contributed by atoms with Gasteiger partial charge in [0.25, 0.3) is 0 Å². The molecule has 0 aliphatic carbocycles. The van der Waals surface area contributed by atoms with Gasteiger partial charge >= 0.3 is 5.97 Å². The van der Waals surface area contributed by atoms with Crippen LogP contribution in [0.5, 0.6) is 5.75 Å². The van der Waals surface area contributed by atoms with Crippen LogP contribution in [0.1, 0.15) is 17.3 Å². The molecule has 0 radical (unpaired) electrons. The zero-order chi connectivity index (χ0) is 20.9. The fourth-order valence-corrected chi connectivity index (χ4v) is 3.83. The monoisotopic (exact) mass is 406 g/mol. The molecule has 2 aromatic carbocycles. The first-order valence-electron chi connectivity index (χ1n) is 8.30. The molecule has 0 spiro atoms. The van der Waals surface area contributed by atoms with Crippen molar-refractivity contribution in [1.29, 1.82) is 0 Å². The number of methoxy groups -OCH3 is 2. The molecule has 0 aromatic heterocycles. The van der Waals surface area contributed by atoms with Crippen LogP contribution in [-0.2, 0) is 19.6 Å². The van der Waals surface area contributed by atoms with Crippen LogP contribution >= 0.6 is 0 Å². The summed E-state index contributed by atoms with van der Waals surface area (Å²) in [6.07, 6.45) is 1.02. The summed E-state index contributed by atoms with van der Waals surface area (Å²) < 4.78 is 35.5. The van der Waals surface area contributed by atoms with Gasteiger partial charge in [-0.2, -0.15) is 0 Å². The topological polar surface area (TPSA) is 102 Å². The number of hydrogen-bond acceptors (Lipinski definition) is 6. The van der Waals surface area contributed by atoms with Gasteiger partial charge in [0.05, 0.1) is 37.4 Å². The number of nitrogens with one attached hydrogen (secondary N) is 1. The Morgan fingerprint density at radius 2 is 1.64 bits per heavy atom. The quantitative estimate of drug-likeness (QED) is 0.708. The van der Waals surface area contributed by atoms with E-state index in [2.05, 4.69) is 5.32 Å². The highest BCUT2D eigenvalue weighted by molar-refractivity contribution is 7.92. The first-order chi connectivity index (χ1) is 13.2. The molecule has 0 unspecified atom stereocenters. The van der Waals surface area contributed by atoms with Gasteiger partial charge in [-0.15, -0.1) is 0 Å². The molecular weight excluding hydrogens is 384 g/mol. The van der Waals surface area contributed by atoms with Crippen molar-refractivity contribution in [2.75, 3.05) is 30.1 Å². The zero-order valence-electron chi connectivity index (χ0n) is 16.0. The Balaban J connectivity index is 2.34. The van der Waals surface area contributed by atoms with Gasteiger partial charge in [-0.1, -0.05) is 12.1 Å². The third-order valence-corrected chi connectivity index (χ3v) is 5.25. The molecule has 1 atom stereocenters. The summed E-state index contributed by atoms with van der Waals surface area (Å²) in [5.41, 5.74) is 0.711. The second kappa shape index (κ2) is 8.75. The van der Waals surface area contributed by atoms with Gasteiger partial charge in [0.2, 0.25) is 15.9 Å². The largest absolute Gasteiger partial charge is 0.497 e. The first kappa shape index (κ1) is 21.2. The molecule has 150 valence electrons. The van der Waals surface area contributed by atoms with E-state index in [1.807, 2.05) is 0 Å². The lowest BCUT2D eigenvalue weighted by Crippen LogP contribution is -2.45. The SMILES string of the molecule is COC(=O)c1ccccc1NC(=O)[C@@H](C)N(c1ccc(OC)cc1)S(C)(=O)=O.